The molecule has 0 amide bonds. The van der Waals surface area contributed by atoms with Crippen molar-refractivity contribution in [3.05, 3.63) is 60.2 Å². The molecule has 0 aromatic heterocycles. The Labute approximate surface area is 185 Å². The average molecular weight is 429 g/mol. The number of hydrogen-bond acceptors (Lipinski definition) is 4. The molecule has 5 heteroatoms. The number of ether oxygens (including phenoxy) is 1. The van der Waals surface area contributed by atoms with Gasteiger partial charge in [-0.15, -0.1) is 4.72 Å². The van der Waals surface area contributed by atoms with Crippen molar-refractivity contribution in [2.45, 2.75) is 50.3 Å². The number of nitrogens with zero attached hydrogens (tertiary/aromatic N) is 1. The normalized spacial score (nSPS) is 16.5. The van der Waals surface area contributed by atoms with Gasteiger partial charge >= 0.3 is 0 Å². The number of nitrogens with one attached hydrogen (secondary N) is 1. The van der Waals surface area contributed by atoms with Crippen LogP contribution < -0.4 is 9.46 Å². The Morgan fingerprint density at radius 2 is 1.77 bits per heavy atom. The Morgan fingerprint density at radius 3 is 2.47 bits per heavy atom. The first-order valence-corrected chi connectivity index (χ1v) is 12.5. The van der Waals surface area contributed by atoms with Gasteiger partial charge in [0.2, 0.25) is 0 Å². The summed E-state index contributed by atoms with van der Waals surface area (Å²) in [5.74, 6) is 1.66. The van der Waals surface area contributed by atoms with Gasteiger partial charge in [0.05, 0.1) is 18.0 Å². The van der Waals surface area contributed by atoms with Gasteiger partial charge in [-0.1, -0.05) is 43.7 Å². The van der Waals surface area contributed by atoms with Gasteiger partial charge in [-0.25, -0.2) is 0 Å². The van der Waals surface area contributed by atoms with Crippen molar-refractivity contribution >= 4 is 11.4 Å². The summed E-state index contributed by atoms with van der Waals surface area (Å²) in [6.45, 7) is 7.09. The van der Waals surface area contributed by atoms with Crippen molar-refractivity contribution in [3.8, 4) is 5.75 Å². The Balaban J connectivity index is 1.28. The zero-order valence-corrected chi connectivity index (χ0v) is 19.0. The van der Waals surface area contributed by atoms with Crippen LogP contribution in [0.3, 0.4) is 0 Å². The SMILES string of the molecule is CCCCOc1ccc([S+]([O-])NCCCN2CCC(Cc3ccccc3)CC2)cc1. The maximum absolute atomic E-state index is 12.4. The lowest BCUT2D eigenvalue weighted by Gasteiger charge is -2.32. The quantitative estimate of drug-likeness (QED) is 0.389. The predicted molar refractivity (Wildman–Crippen MR) is 125 cm³/mol. The molecule has 1 fully saturated rings. The summed E-state index contributed by atoms with van der Waals surface area (Å²) in [6.07, 6.45) is 6.96. The molecule has 0 bridgehead atoms. The summed E-state index contributed by atoms with van der Waals surface area (Å²) in [6, 6.07) is 18.4. The molecule has 1 N–H and O–H groups in total. The fourth-order valence-electron chi connectivity index (χ4n) is 3.91. The Kier molecular flexibility index (Phi) is 10.0. The molecule has 1 saturated heterocycles. The number of unbranched alkanes of at least 4 members (excludes halogenated alkanes) is 1. The molecule has 2 aromatic carbocycles. The minimum absolute atomic E-state index is 0.737. The highest BCUT2D eigenvalue weighted by Crippen LogP contribution is 2.22. The van der Waals surface area contributed by atoms with Crippen LogP contribution in [0.1, 0.15) is 44.6 Å². The fraction of sp³-hybridized carbons (Fsp3) is 0.520. The van der Waals surface area contributed by atoms with Crippen LogP contribution in [0.25, 0.3) is 0 Å². The van der Waals surface area contributed by atoms with E-state index in [1.165, 1.54) is 37.9 Å². The summed E-state index contributed by atoms with van der Waals surface area (Å²) < 4.78 is 21.2. The van der Waals surface area contributed by atoms with Crippen LogP contribution >= 0.6 is 0 Å². The first-order valence-electron chi connectivity index (χ1n) is 11.4. The maximum atomic E-state index is 12.4. The van der Waals surface area contributed by atoms with Crippen LogP contribution in [-0.4, -0.2) is 42.2 Å². The van der Waals surface area contributed by atoms with Gasteiger partial charge in [-0.2, -0.15) is 0 Å². The van der Waals surface area contributed by atoms with Crippen molar-refractivity contribution < 1.29 is 9.29 Å². The second kappa shape index (κ2) is 13.0. The third kappa shape index (κ3) is 7.95. The predicted octanol–water partition coefficient (Wildman–Crippen LogP) is 4.82. The smallest absolute Gasteiger partial charge is 0.174 e. The largest absolute Gasteiger partial charge is 0.593 e. The fourth-order valence-corrected chi connectivity index (χ4v) is 4.79. The monoisotopic (exact) mass is 428 g/mol. The van der Waals surface area contributed by atoms with E-state index in [-0.39, 0.29) is 0 Å². The summed E-state index contributed by atoms with van der Waals surface area (Å²) in [5.41, 5.74) is 1.46. The molecule has 164 valence electrons. The van der Waals surface area contributed by atoms with Gasteiger partial charge in [0.15, 0.2) is 4.90 Å². The van der Waals surface area contributed by atoms with Crippen molar-refractivity contribution in [2.75, 3.05) is 32.8 Å². The molecule has 1 aliphatic heterocycles. The molecular formula is C25H36N2O2S. The van der Waals surface area contributed by atoms with Crippen molar-refractivity contribution in [3.63, 3.8) is 0 Å². The molecule has 2 aromatic rings. The van der Waals surface area contributed by atoms with Crippen LogP contribution in [0.5, 0.6) is 5.75 Å². The van der Waals surface area contributed by atoms with E-state index in [0.717, 1.165) is 55.5 Å². The number of benzene rings is 2. The van der Waals surface area contributed by atoms with Gasteiger partial charge in [0.25, 0.3) is 0 Å². The summed E-state index contributed by atoms with van der Waals surface area (Å²) in [4.78, 5) is 3.36. The highest BCUT2D eigenvalue weighted by atomic mass is 32.2. The number of hydrogen-bond donors (Lipinski definition) is 1. The van der Waals surface area contributed by atoms with E-state index in [2.05, 4.69) is 46.9 Å². The van der Waals surface area contributed by atoms with E-state index in [0.29, 0.717) is 0 Å². The lowest BCUT2D eigenvalue weighted by Crippen LogP contribution is -2.36. The Morgan fingerprint density at radius 1 is 1.03 bits per heavy atom. The van der Waals surface area contributed by atoms with E-state index >= 15 is 0 Å². The van der Waals surface area contributed by atoms with Crippen LogP contribution in [-0.2, 0) is 17.8 Å². The summed E-state index contributed by atoms with van der Waals surface area (Å²) >= 11 is -1.16. The van der Waals surface area contributed by atoms with Gasteiger partial charge in [-0.05, 0) is 87.5 Å². The zero-order valence-electron chi connectivity index (χ0n) is 18.2. The summed E-state index contributed by atoms with van der Waals surface area (Å²) in [7, 11) is 0. The number of likely N-dealkylation sites (tertiary alicyclic amines) is 1. The number of piperidine rings is 1. The molecule has 0 saturated carbocycles. The molecule has 1 atom stereocenters. The first kappa shape index (κ1) is 23.1. The van der Waals surface area contributed by atoms with Crippen molar-refractivity contribution in [2.24, 2.45) is 5.92 Å². The molecule has 3 rings (SSSR count). The maximum Gasteiger partial charge on any atom is 0.174 e. The highest BCUT2D eigenvalue weighted by Gasteiger charge is 2.19. The van der Waals surface area contributed by atoms with Gasteiger partial charge in [0.1, 0.15) is 5.75 Å². The molecule has 1 heterocycles. The van der Waals surface area contributed by atoms with Crippen LogP contribution in [0, 0.1) is 5.92 Å². The topological polar surface area (TPSA) is 47.6 Å². The Bertz CT molecular complexity index is 703. The zero-order chi connectivity index (χ0) is 21.0. The van der Waals surface area contributed by atoms with E-state index < -0.39 is 11.4 Å². The van der Waals surface area contributed by atoms with Crippen molar-refractivity contribution in [1.82, 2.24) is 9.62 Å². The molecule has 0 spiro atoms. The average Bonchev–Trinajstić information content (AvgIpc) is 2.79. The number of rotatable bonds is 12. The molecule has 0 radical (unpaired) electrons. The molecule has 1 aliphatic rings. The lowest BCUT2D eigenvalue weighted by atomic mass is 9.90. The standard InChI is InChI=1S/C25H36N2O2S/c1-2-3-20-29-24-10-12-25(13-11-24)30(28)26-16-7-17-27-18-14-23(15-19-27)21-22-8-5-4-6-9-22/h4-6,8-13,23,26H,2-3,7,14-21H2,1H3. The first-order chi connectivity index (χ1) is 14.7. The van der Waals surface area contributed by atoms with E-state index in [1.807, 2.05) is 24.3 Å². The van der Waals surface area contributed by atoms with E-state index in [4.69, 9.17) is 4.74 Å². The molecule has 4 nitrogen and oxygen atoms in total. The van der Waals surface area contributed by atoms with Crippen LogP contribution in [0.15, 0.2) is 59.5 Å². The molecule has 0 aliphatic carbocycles. The highest BCUT2D eigenvalue weighted by molar-refractivity contribution is 7.89. The summed E-state index contributed by atoms with van der Waals surface area (Å²) in [5, 5.41) is 0. The van der Waals surface area contributed by atoms with E-state index in [9.17, 15) is 4.55 Å². The minimum Gasteiger partial charge on any atom is -0.593 e. The van der Waals surface area contributed by atoms with Gasteiger partial charge in [0, 0.05) is 6.54 Å². The molecular weight excluding hydrogens is 392 g/mol. The molecule has 30 heavy (non-hydrogen) atoms. The third-order valence-corrected chi connectivity index (χ3v) is 6.93. The van der Waals surface area contributed by atoms with Gasteiger partial charge < -0.3 is 14.2 Å². The Hall–Kier alpha value is -1.53. The molecule has 1 unspecified atom stereocenters. The minimum atomic E-state index is -1.16. The third-order valence-electron chi connectivity index (χ3n) is 5.76. The second-order valence-corrected chi connectivity index (χ2v) is 9.46. The van der Waals surface area contributed by atoms with E-state index in [1.54, 1.807) is 0 Å². The van der Waals surface area contributed by atoms with Crippen LogP contribution in [0.2, 0.25) is 0 Å². The van der Waals surface area contributed by atoms with Gasteiger partial charge in [-0.3, -0.25) is 0 Å². The van der Waals surface area contributed by atoms with Crippen LogP contribution in [0.4, 0.5) is 0 Å². The second-order valence-electron chi connectivity index (χ2n) is 8.16. The van der Waals surface area contributed by atoms with Crippen molar-refractivity contribution in [1.29, 1.82) is 0 Å². The lowest BCUT2D eigenvalue weighted by molar-refractivity contribution is 0.183.